The summed E-state index contributed by atoms with van der Waals surface area (Å²) < 4.78 is 292. The Kier molecular flexibility index (Phi) is 3.10. The maximum absolute atomic E-state index is 9.74. The van der Waals surface area contributed by atoms with Gasteiger partial charge < -0.3 is 8.98 Å². The van der Waals surface area contributed by atoms with E-state index in [1.54, 1.807) is 0 Å². The van der Waals surface area contributed by atoms with Gasteiger partial charge >= 0.3 is 0 Å². The minimum absolute atomic E-state index is 0.530. The Morgan fingerprint density at radius 2 is 0.875 bits per heavy atom. The predicted octanol–water partition coefficient (Wildman–Crippen LogP) is 13.2. The summed E-state index contributed by atoms with van der Waals surface area (Å²) in [7, 11) is 0. The Labute approximate surface area is 367 Å². The van der Waals surface area contributed by atoms with E-state index >= 15 is 0 Å². The van der Waals surface area contributed by atoms with Crippen LogP contribution in [0.1, 0.15) is 43.9 Å². The Morgan fingerprint density at radius 3 is 1.57 bits per heavy atom. The third-order valence-corrected chi connectivity index (χ3v) is 8.43. The molecule has 3 aromatic heterocycles. The van der Waals surface area contributed by atoms with Crippen molar-refractivity contribution < 1.29 is 48.3 Å². The number of hydrogen-bond donors (Lipinski definition) is 0. The van der Waals surface area contributed by atoms with Gasteiger partial charge in [0, 0.05) is 43.8 Å². The van der Waals surface area contributed by atoms with E-state index in [2.05, 4.69) is 15.0 Å². The highest BCUT2D eigenvalue weighted by molar-refractivity contribution is 6.15. The quantitative estimate of drug-likeness (QED) is 0.170. The molecule has 0 saturated carbocycles. The van der Waals surface area contributed by atoms with E-state index in [4.69, 9.17) is 37.3 Å². The average molecular weight is 749 g/mol. The first-order valence-corrected chi connectivity index (χ1v) is 16.2. The van der Waals surface area contributed by atoms with Crippen molar-refractivity contribution >= 4 is 43.7 Å². The summed E-state index contributed by atoms with van der Waals surface area (Å²) in [6.07, 6.45) is 0. The summed E-state index contributed by atoms with van der Waals surface area (Å²) >= 11 is 0. The molecule has 0 atom stereocenters. The SMILES string of the molecule is [2H]c1c([2H])c([2H])c(-c2nc(-c3c([2H])c([2H])c(-c4c([2H])c([2H])c([2H])c([2H])c4[2H])c([2H])c3[2H])nc(-c3c([2H])c([2H])c4c(oc5c([2H])c([2H])c([2H])c(-c6c([2H])c([2H])c([2H])c([2H])c6-n6c7c([2H])c([2H])c([2H])c([2H])c7c7c([2H])c([2H])c([2H])c([2H])c76)c54)c3[2H])n2)c([2H])c1[2H]. The van der Waals surface area contributed by atoms with Gasteiger partial charge in [-0.05, 0) is 52.9 Å². The molecule has 0 aliphatic rings. The van der Waals surface area contributed by atoms with Crippen LogP contribution in [-0.2, 0) is 0 Å². The number of rotatable bonds is 6. The van der Waals surface area contributed by atoms with Crippen LogP contribution < -0.4 is 0 Å². The number of furan rings is 1. The van der Waals surface area contributed by atoms with Gasteiger partial charge in [-0.3, -0.25) is 0 Å². The van der Waals surface area contributed by atoms with Crippen molar-refractivity contribution in [3.8, 4) is 62.1 Å². The van der Waals surface area contributed by atoms with Crippen molar-refractivity contribution in [3.05, 3.63) is 193 Å². The lowest BCUT2D eigenvalue weighted by Crippen LogP contribution is -2.00. The summed E-state index contributed by atoms with van der Waals surface area (Å²) in [5.74, 6) is -2.75. The summed E-state index contributed by atoms with van der Waals surface area (Å²) in [5.41, 5.74) is -9.40. The van der Waals surface area contributed by atoms with Crippen LogP contribution >= 0.6 is 0 Å². The molecule has 0 fully saturated rings. The molecule has 11 aromatic rings. The number of benzene rings is 8. The van der Waals surface area contributed by atoms with Crippen molar-refractivity contribution in [2.45, 2.75) is 0 Å². The second-order valence-electron chi connectivity index (χ2n) is 11.6. The minimum atomic E-state index is -1.08. The topological polar surface area (TPSA) is 56.7 Å². The third-order valence-electron chi connectivity index (χ3n) is 8.43. The second-order valence-corrected chi connectivity index (χ2v) is 11.6. The Hall–Kier alpha value is -7.63. The van der Waals surface area contributed by atoms with Gasteiger partial charge in [0.2, 0.25) is 0 Å². The molecule has 0 bridgehead atoms. The van der Waals surface area contributed by atoms with E-state index in [-0.39, 0.29) is 0 Å². The zero-order chi connectivity index (χ0) is 64.9. The zero-order valence-corrected chi connectivity index (χ0v) is 27.7. The van der Waals surface area contributed by atoms with Crippen LogP contribution in [0.5, 0.6) is 0 Å². The fourth-order valence-electron chi connectivity index (χ4n) is 6.04. The average Bonchev–Trinajstić information content (AvgIpc) is 1.57. The summed E-state index contributed by atoms with van der Waals surface area (Å²) in [4.78, 5) is 12.9. The van der Waals surface area contributed by atoms with Gasteiger partial charge in [0.25, 0.3) is 0 Å². The molecule has 0 aliphatic carbocycles. The molecule has 0 N–H and O–H groups in total. The van der Waals surface area contributed by atoms with Crippen LogP contribution in [0.25, 0.3) is 106 Å². The van der Waals surface area contributed by atoms with Gasteiger partial charge in [0.15, 0.2) is 17.5 Å². The molecule has 0 spiro atoms. The molecule has 0 amide bonds. The van der Waals surface area contributed by atoms with E-state index in [0.29, 0.717) is 0 Å². The van der Waals surface area contributed by atoms with E-state index in [0.717, 1.165) is 4.57 Å². The fourth-order valence-corrected chi connectivity index (χ4v) is 6.04. The molecule has 0 radical (unpaired) electrons. The normalized spacial score (nSPS) is 19.6. The number of fused-ring (bicyclic) bond motifs is 6. The molecule has 0 aliphatic heterocycles. The Morgan fingerprint density at radius 1 is 0.375 bits per heavy atom. The van der Waals surface area contributed by atoms with Crippen LogP contribution in [-0.4, -0.2) is 19.5 Å². The van der Waals surface area contributed by atoms with E-state index in [1.165, 1.54) is 0 Å². The lowest BCUT2D eigenvalue weighted by molar-refractivity contribution is 0.669. The molecule has 262 valence electrons. The van der Waals surface area contributed by atoms with E-state index in [1.807, 2.05) is 0 Å². The standard InChI is InChI=1S/C51H32N4O/c1-3-14-33(15-4-1)34-26-28-36(29-27-34)50-52-49(35-16-5-2-6-17-35)53-51(54-50)37-30-31-42-47(32-37)56-46-25-13-21-41(48(42)46)40-20-9-12-24-45(40)55-43-22-10-7-18-38(43)39-19-8-11-23-44(39)55/h1-32H/i1D,2D,3D,4D,5D,6D,7D,8D,9D,10D,11D,12D,13D,14D,15D,16D,17D,18D,19D,20D,21D,22D,23D,24D,25D,26D,27D,28D,29D,30D,31D,32D. The lowest BCUT2D eigenvalue weighted by Gasteiger charge is -2.14. The minimum Gasteiger partial charge on any atom is -0.456 e. The largest absolute Gasteiger partial charge is 0.456 e. The van der Waals surface area contributed by atoms with Crippen molar-refractivity contribution in [3.63, 3.8) is 0 Å². The van der Waals surface area contributed by atoms with Crippen molar-refractivity contribution in [1.82, 2.24) is 19.5 Å². The monoisotopic (exact) mass is 748 g/mol. The summed E-state index contributed by atoms with van der Waals surface area (Å²) in [5, 5.41) is -2.40. The van der Waals surface area contributed by atoms with Crippen molar-refractivity contribution in [1.29, 1.82) is 0 Å². The zero-order valence-electron chi connectivity index (χ0n) is 59.7. The van der Waals surface area contributed by atoms with E-state index < -0.39 is 299 Å². The number of aromatic nitrogens is 4. The molecule has 11 rings (SSSR count). The van der Waals surface area contributed by atoms with Crippen LogP contribution in [0.3, 0.4) is 0 Å². The van der Waals surface area contributed by atoms with Crippen LogP contribution in [0.2, 0.25) is 0 Å². The third kappa shape index (κ3) is 5.29. The van der Waals surface area contributed by atoms with Crippen LogP contribution in [0, 0.1) is 0 Å². The second kappa shape index (κ2) is 13.0. The van der Waals surface area contributed by atoms with Gasteiger partial charge in [0.1, 0.15) is 11.2 Å². The van der Waals surface area contributed by atoms with Gasteiger partial charge in [-0.15, -0.1) is 0 Å². The fraction of sp³-hybridized carbons (Fsp3) is 0. The summed E-state index contributed by atoms with van der Waals surface area (Å²) in [6.45, 7) is 0. The molecule has 0 saturated heterocycles. The first kappa shape index (κ1) is 13.3. The van der Waals surface area contributed by atoms with E-state index in [9.17, 15) is 11.0 Å². The van der Waals surface area contributed by atoms with Crippen LogP contribution in [0.15, 0.2) is 198 Å². The van der Waals surface area contributed by atoms with Gasteiger partial charge in [-0.2, -0.15) is 0 Å². The molecule has 56 heavy (non-hydrogen) atoms. The first-order valence-electron chi connectivity index (χ1n) is 32.2. The molecule has 0 unspecified atom stereocenters. The highest BCUT2D eigenvalue weighted by Gasteiger charge is 2.20. The maximum atomic E-state index is 9.74. The van der Waals surface area contributed by atoms with Crippen molar-refractivity contribution in [2.75, 3.05) is 0 Å². The Bertz CT molecular complexity index is 4970. The smallest absolute Gasteiger partial charge is 0.164 e. The lowest BCUT2D eigenvalue weighted by atomic mass is 9.97. The molecule has 8 aromatic carbocycles. The first-order chi connectivity index (χ1) is 41.1. The molecular formula is C51H32N4O. The summed E-state index contributed by atoms with van der Waals surface area (Å²) in [6, 6.07) is -30.6. The predicted molar refractivity (Wildman–Crippen MR) is 229 cm³/mol. The molecular weight excluding hydrogens is 685 g/mol. The number of hydrogen-bond acceptors (Lipinski definition) is 4. The molecule has 3 heterocycles. The highest BCUT2D eigenvalue weighted by Crippen LogP contribution is 2.42. The van der Waals surface area contributed by atoms with Crippen LogP contribution in [0.4, 0.5) is 0 Å². The number of para-hydroxylation sites is 3. The van der Waals surface area contributed by atoms with Gasteiger partial charge in [0.05, 0.1) is 60.6 Å². The van der Waals surface area contributed by atoms with Gasteiger partial charge in [-0.1, -0.05) is 157 Å². The highest BCUT2D eigenvalue weighted by atomic mass is 16.3. The molecule has 5 heteroatoms. The van der Waals surface area contributed by atoms with Crippen molar-refractivity contribution in [2.24, 2.45) is 0 Å². The molecule has 5 nitrogen and oxygen atoms in total. The maximum Gasteiger partial charge on any atom is 0.164 e. The Balaban J connectivity index is 1.28. The van der Waals surface area contributed by atoms with Gasteiger partial charge in [-0.25, -0.2) is 15.0 Å². The number of nitrogens with zero attached hydrogens (tertiary/aromatic N) is 4.